The van der Waals surface area contributed by atoms with E-state index in [2.05, 4.69) is 25.4 Å². The number of thioether (sulfide) groups is 1. The second-order valence-electron chi connectivity index (χ2n) is 5.15. The van der Waals surface area contributed by atoms with Crippen LogP contribution in [0.15, 0.2) is 35.7 Å². The molecule has 3 aromatic heterocycles. The Morgan fingerprint density at radius 1 is 1.40 bits per heavy atom. The van der Waals surface area contributed by atoms with Crippen LogP contribution in [0.3, 0.4) is 0 Å². The molecular formula is C15H11FN6OS2. The largest absolute Gasteiger partial charge is 0.301 e. The number of aromatic nitrogens is 5. The molecule has 1 aromatic carbocycles. The first-order valence-electron chi connectivity index (χ1n) is 7.21. The van der Waals surface area contributed by atoms with Crippen LogP contribution in [0.25, 0.3) is 21.3 Å². The maximum atomic E-state index is 13.2. The molecule has 0 saturated carbocycles. The molecule has 0 aliphatic rings. The van der Waals surface area contributed by atoms with Crippen LogP contribution in [-0.2, 0) is 11.8 Å². The van der Waals surface area contributed by atoms with E-state index < -0.39 is 0 Å². The number of nitrogens with zero attached hydrogens (tertiary/aromatic N) is 5. The zero-order valence-corrected chi connectivity index (χ0v) is 14.6. The number of rotatable bonds is 4. The number of hydrogen-bond acceptors (Lipinski definition) is 7. The van der Waals surface area contributed by atoms with Gasteiger partial charge in [0.2, 0.25) is 5.91 Å². The maximum absolute atomic E-state index is 13.2. The molecule has 126 valence electrons. The molecule has 25 heavy (non-hydrogen) atoms. The topological polar surface area (TPSA) is 85.6 Å². The number of benzene rings is 1. The molecule has 4 aromatic rings. The minimum Gasteiger partial charge on any atom is -0.301 e. The summed E-state index contributed by atoms with van der Waals surface area (Å²) in [5.74, 6) is -0.361. The van der Waals surface area contributed by atoms with Crippen molar-refractivity contribution in [3.05, 3.63) is 36.5 Å². The number of carbonyl (C=O) groups excluding carboxylic acids is 1. The molecule has 0 bridgehead atoms. The number of thiazole rings is 1. The Bertz CT molecular complexity index is 1090. The molecule has 0 fully saturated rings. The third kappa shape index (κ3) is 3.17. The monoisotopic (exact) mass is 374 g/mol. The lowest BCUT2D eigenvalue weighted by Crippen LogP contribution is -2.13. The fourth-order valence-corrected chi connectivity index (χ4v) is 3.96. The van der Waals surface area contributed by atoms with Crippen LogP contribution in [0, 0.1) is 5.82 Å². The van der Waals surface area contributed by atoms with Crippen LogP contribution in [0.2, 0.25) is 0 Å². The fourth-order valence-electron chi connectivity index (χ4n) is 2.30. The summed E-state index contributed by atoms with van der Waals surface area (Å²) in [6.45, 7) is 0. The number of fused-ring (bicyclic) bond motifs is 2. The zero-order valence-electron chi connectivity index (χ0n) is 12.9. The molecule has 3 heterocycles. The van der Waals surface area contributed by atoms with Gasteiger partial charge in [-0.25, -0.2) is 19.3 Å². The highest BCUT2D eigenvalue weighted by molar-refractivity contribution is 8.00. The summed E-state index contributed by atoms with van der Waals surface area (Å²) in [6.07, 6.45) is 3.13. The molecule has 4 rings (SSSR count). The van der Waals surface area contributed by atoms with Crippen molar-refractivity contribution in [3.63, 3.8) is 0 Å². The van der Waals surface area contributed by atoms with E-state index in [1.54, 1.807) is 24.0 Å². The second kappa shape index (κ2) is 6.37. The van der Waals surface area contributed by atoms with Crippen LogP contribution in [-0.4, -0.2) is 36.4 Å². The van der Waals surface area contributed by atoms with E-state index in [1.807, 2.05) is 0 Å². The van der Waals surface area contributed by atoms with Crippen molar-refractivity contribution >= 4 is 55.4 Å². The number of nitrogens with one attached hydrogen (secondary N) is 1. The van der Waals surface area contributed by atoms with E-state index in [-0.39, 0.29) is 17.5 Å². The van der Waals surface area contributed by atoms with Crippen molar-refractivity contribution in [1.82, 2.24) is 24.7 Å². The van der Waals surface area contributed by atoms with Crippen molar-refractivity contribution in [3.8, 4) is 0 Å². The van der Waals surface area contributed by atoms with Crippen molar-refractivity contribution in [2.24, 2.45) is 7.05 Å². The molecule has 1 N–H and O–H groups in total. The number of carbonyl (C=O) groups is 1. The summed E-state index contributed by atoms with van der Waals surface area (Å²) in [7, 11) is 1.80. The van der Waals surface area contributed by atoms with Gasteiger partial charge in [-0.15, -0.1) is 0 Å². The molecule has 0 spiro atoms. The Morgan fingerprint density at radius 3 is 3.16 bits per heavy atom. The first kappa shape index (κ1) is 15.9. The minimum atomic E-state index is -0.325. The Balaban J connectivity index is 1.46. The Hall–Kier alpha value is -2.59. The molecule has 0 saturated heterocycles. The van der Waals surface area contributed by atoms with E-state index in [0.29, 0.717) is 26.0 Å². The molecule has 0 unspecified atom stereocenters. The number of hydrogen-bond donors (Lipinski definition) is 1. The summed E-state index contributed by atoms with van der Waals surface area (Å²) in [4.78, 5) is 24.8. The highest BCUT2D eigenvalue weighted by Crippen LogP contribution is 2.27. The number of halogens is 1. The quantitative estimate of drug-likeness (QED) is 0.437. The highest BCUT2D eigenvalue weighted by Gasteiger charge is 2.12. The average molecular weight is 374 g/mol. The van der Waals surface area contributed by atoms with Crippen LogP contribution < -0.4 is 5.32 Å². The van der Waals surface area contributed by atoms with Crippen molar-refractivity contribution < 1.29 is 9.18 Å². The molecule has 0 radical (unpaired) electrons. The minimum absolute atomic E-state index is 0.172. The number of amides is 1. The number of aryl methyl sites for hydroxylation is 1. The molecule has 7 nitrogen and oxygen atoms in total. The van der Waals surface area contributed by atoms with Crippen LogP contribution >= 0.6 is 23.1 Å². The van der Waals surface area contributed by atoms with Gasteiger partial charge >= 0.3 is 0 Å². The van der Waals surface area contributed by atoms with Gasteiger partial charge in [0.25, 0.3) is 0 Å². The van der Waals surface area contributed by atoms with Crippen molar-refractivity contribution in [1.29, 1.82) is 0 Å². The van der Waals surface area contributed by atoms with Crippen LogP contribution in [0.4, 0.5) is 9.52 Å². The van der Waals surface area contributed by atoms with E-state index in [4.69, 9.17) is 0 Å². The Labute approximate surface area is 149 Å². The van der Waals surface area contributed by atoms with E-state index in [1.165, 1.54) is 41.6 Å². The van der Waals surface area contributed by atoms with Gasteiger partial charge < -0.3 is 5.32 Å². The lowest BCUT2D eigenvalue weighted by Gasteiger charge is -2.02. The van der Waals surface area contributed by atoms with Gasteiger partial charge in [0.15, 0.2) is 10.8 Å². The SMILES string of the molecule is Cn1ncc2c(SCC(=O)Nc3nc4ccc(F)cc4s3)ncnc21. The van der Waals surface area contributed by atoms with Gasteiger partial charge in [0.05, 0.1) is 27.6 Å². The Kier molecular flexibility index (Phi) is 4.06. The highest BCUT2D eigenvalue weighted by atomic mass is 32.2. The zero-order chi connectivity index (χ0) is 17.4. The summed E-state index contributed by atoms with van der Waals surface area (Å²) in [5.41, 5.74) is 1.37. The lowest BCUT2D eigenvalue weighted by molar-refractivity contribution is -0.113. The standard InChI is InChI=1S/C15H11FN6OS2/c1-22-13-9(5-19-22)14(18-7-17-13)24-6-12(23)21-15-20-10-3-2-8(16)4-11(10)25-15/h2-5,7H,6H2,1H3,(H,20,21,23). The first-order chi connectivity index (χ1) is 12.1. The van der Waals surface area contributed by atoms with Crippen LogP contribution in [0.1, 0.15) is 0 Å². The summed E-state index contributed by atoms with van der Waals surface area (Å²) in [5, 5.41) is 8.82. The van der Waals surface area contributed by atoms with Crippen molar-refractivity contribution in [2.45, 2.75) is 5.03 Å². The van der Waals surface area contributed by atoms with E-state index >= 15 is 0 Å². The third-order valence-corrected chi connectivity index (χ3v) is 5.37. The number of anilines is 1. The predicted octanol–water partition coefficient (Wildman–Crippen LogP) is 2.84. The van der Waals surface area contributed by atoms with Gasteiger partial charge in [0.1, 0.15) is 17.2 Å². The second-order valence-corrected chi connectivity index (χ2v) is 7.15. The molecule has 10 heteroatoms. The third-order valence-electron chi connectivity index (χ3n) is 3.43. The Morgan fingerprint density at radius 2 is 2.28 bits per heavy atom. The van der Waals surface area contributed by atoms with E-state index in [9.17, 15) is 9.18 Å². The average Bonchev–Trinajstić information content (AvgIpc) is 3.16. The maximum Gasteiger partial charge on any atom is 0.236 e. The molecule has 0 atom stereocenters. The van der Waals surface area contributed by atoms with Gasteiger partial charge in [0, 0.05) is 7.05 Å². The lowest BCUT2D eigenvalue weighted by atomic mass is 10.3. The summed E-state index contributed by atoms with van der Waals surface area (Å²) < 4.78 is 15.6. The van der Waals surface area contributed by atoms with Gasteiger partial charge in [-0.2, -0.15) is 5.10 Å². The van der Waals surface area contributed by atoms with Crippen LogP contribution in [0.5, 0.6) is 0 Å². The smallest absolute Gasteiger partial charge is 0.236 e. The normalized spacial score (nSPS) is 11.3. The molecule has 0 aliphatic heterocycles. The van der Waals surface area contributed by atoms with Gasteiger partial charge in [-0.3, -0.25) is 9.48 Å². The summed E-state index contributed by atoms with van der Waals surface area (Å²) in [6, 6.07) is 4.33. The van der Waals surface area contributed by atoms with Gasteiger partial charge in [-0.05, 0) is 18.2 Å². The fraction of sp³-hybridized carbons (Fsp3) is 0.133. The molecular weight excluding hydrogens is 363 g/mol. The van der Waals surface area contributed by atoms with Gasteiger partial charge in [-0.1, -0.05) is 23.1 Å². The molecule has 0 aliphatic carbocycles. The predicted molar refractivity (Wildman–Crippen MR) is 95.2 cm³/mol. The first-order valence-corrected chi connectivity index (χ1v) is 9.02. The molecule has 1 amide bonds. The van der Waals surface area contributed by atoms with Crippen molar-refractivity contribution in [2.75, 3.05) is 11.1 Å². The summed E-state index contributed by atoms with van der Waals surface area (Å²) >= 11 is 2.54. The van der Waals surface area contributed by atoms with E-state index in [0.717, 1.165) is 5.39 Å².